The molecule has 8 heteroatoms. The summed E-state index contributed by atoms with van der Waals surface area (Å²) in [6.07, 6.45) is 1.74. The molecule has 2 aromatic rings. The van der Waals surface area contributed by atoms with Crippen LogP contribution in [0.4, 0.5) is 0 Å². The van der Waals surface area contributed by atoms with Crippen LogP contribution in [0.3, 0.4) is 0 Å². The van der Waals surface area contributed by atoms with E-state index < -0.39 is 12.0 Å². The molecule has 1 atom stereocenters. The number of thioether (sulfide) groups is 1. The molecule has 0 radical (unpaired) electrons. The van der Waals surface area contributed by atoms with Crippen LogP contribution >= 0.6 is 35.6 Å². The van der Waals surface area contributed by atoms with E-state index in [4.69, 9.17) is 33.3 Å². The quantitative estimate of drug-likeness (QED) is 0.364. The van der Waals surface area contributed by atoms with Crippen LogP contribution in [0.2, 0.25) is 5.02 Å². The lowest BCUT2D eigenvalue weighted by atomic mass is 10.2. The summed E-state index contributed by atoms with van der Waals surface area (Å²) in [5.41, 5.74) is 1.72. The van der Waals surface area contributed by atoms with E-state index in [0.29, 0.717) is 26.6 Å². The third kappa shape index (κ3) is 4.98. The first-order valence-corrected chi connectivity index (χ1v) is 10.3. The number of ether oxygens (including phenoxy) is 2. The Morgan fingerprint density at radius 3 is 2.59 bits per heavy atom. The monoisotopic (exact) mass is 447 g/mol. The Labute approximate surface area is 183 Å². The van der Waals surface area contributed by atoms with Gasteiger partial charge in [0.15, 0.2) is 0 Å². The summed E-state index contributed by atoms with van der Waals surface area (Å²) in [6, 6.07) is 14.1. The van der Waals surface area contributed by atoms with Crippen molar-refractivity contribution >= 4 is 57.9 Å². The smallest absolute Gasteiger partial charge is 0.328 e. The summed E-state index contributed by atoms with van der Waals surface area (Å²) in [5, 5.41) is 0.660. The van der Waals surface area contributed by atoms with Gasteiger partial charge in [0.1, 0.15) is 22.7 Å². The first-order valence-electron chi connectivity index (χ1n) is 8.72. The lowest BCUT2D eigenvalue weighted by molar-refractivity contribution is -0.147. The number of thiocarbonyl (C=S) groups is 1. The van der Waals surface area contributed by atoms with E-state index in [0.717, 1.165) is 22.9 Å². The van der Waals surface area contributed by atoms with Gasteiger partial charge >= 0.3 is 5.97 Å². The van der Waals surface area contributed by atoms with Crippen LogP contribution in [0, 0.1) is 0 Å². The molecule has 1 saturated heterocycles. The molecule has 3 rings (SSSR count). The number of carbonyl (C=O) groups is 2. The first kappa shape index (κ1) is 21.4. The minimum atomic E-state index is -0.765. The molecule has 0 bridgehead atoms. The lowest BCUT2D eigenvalue weighted by Gasteiger charge is -2.20. The van der Waals surface area contributed by atoms with Gasteiger partial charge in [0.2, 0.25) is 0 Å². The highest BCUT2D eigenvalue weighted by Crippen LogP contribution is 2.34. The summed E-state index contributed by atoms with van der Waals surface area (Å²) in [5.74, 6) is -0.131. The van der Waals surface area contributed by atoms with Crippen molar-refractivity contribution in [2.45, 2.75) is 19.6 Å². The zero-order valence-electron chi connectivity index (χ0n) is 15.8. The number of amides is 1. The molecule has 1 aliphatic heterocycles. The van der Waals surface area contributed by atoms with E-state index >= 15 is 0 Å². The van der Waals surface area contributed by atoms with Crippen LogP contribution in [0.1, 0.15) is 18.1 Å². The number of halogens is 1. The second-order valence-electron chi connectivity index (χ2n) is 6.20. The fourth-order valence-corrected chi connectivity index (χ4v) is 4.29. The summed E-state index contributed by atoms with van der Waals surface area (Å²) in [4.78, 5) is 26.1. The number of hydrogen-bond donors (Lipinski definition) is 0. The topological polar surface area (TPSA) is 55.8 Å². The molecule has 29 heavy (non-hydrogen) atoms. The van der Waals surface area contributed by atoms with Gasteiger partial charge in [-0.05, 0) is 36.8 Å². The highest BCUT2D eigenvalue weighted by Gasteiger charge is 2.38. The van der Waals surface area contributed by atoms with Crippen LogP contribution in [0.15, 0.2) is 53.4 Å². The maximum Gasteiger partial charge on any atom is 0.328 e. The van der Waals surface area contributed by atoms with Crippen LogP contribution < -0.4 is 4.74 Å². The second-order valence-corrected chi connectivity index (χ2v) is 8.28. The van der Waals surface area contributed by atoms with Crippen molar-refractivity contribution in [3.05, 3.63) is 69.6 Å². The standard InChI is InChI=1S/C21H18ClNO4S2/c1-13(20(25)26-2)23-19(24)18(29-21(23)28)11-14-7-9-16(10-8-14)27-12-15-5-3-4-6-17(15)22/h3-11,13H,12H2,1-2H3/b18-11-/t13-/m0/s1. The second kappa shape index (κ2) is 9.43. The van der Waals surface area contributed by atoms with Crippen molar-refractivity contribution in [3.63, 3.8) is 0 Å². The number of hydrogen-bond acceptors (Lipinski definition) is 6. The van der Waals surface area contributed by atoms with E-state index in [1.165, 1.54) is 12.0 Å². The zero-order chi connectivity index (χ0) is 21.0. The minimum absolute atomic E-state index is 0.308. The summed E-state index contributed by atoms with van der Waals surface area (Å²) < 4.78 is 10.8. The highest BCUT2D eigenvalue weighted by molar-refractivity contribution is 8.26. The van der Waals surface area contributed by atoms with Crippen molar-refractivity contribution in [1.29, 1.82) is 0 Å². The van der Waals surface area contributed by atoms with E-state index in [1.54, 1.807) is 13.0 Å². The number of carbonyl (C=O) groups excluding carboxylic acids is 2. The number of benzene rings is 2. The largest absolute Gasteiger partial charge is 0.489 e. The number of rotatable bonds is 6. The lowest BCUT2D eigenvalue weighted by Crippen LogP contribution is -2.42. The molecular weight excluding hydrogens is 430 g/mol. The van der Waals surface area contributed by atoms with Gasteiger partial charge in [-0.2, -0.15) is 0 Å². The number of methoxy groups -OCH3 is 1. The summed E-state index contributed by atoms with van der Waals surface area (Å²) in [7, 11) is 1.28. The molecule has 0 spiro atoms. The molecule has 1 fully saturated rings. The van der Waals surface area contributed by atoms with Crippen molar-refractivity contribution < 1.29 is 19.1 Å². The van der Waals surface area contributed by atoms with E-state index in [2.05, 4.69) is 0 Å². The van der Waals surface area contributed by atoms with Crippen LogP contribution in [-0.2, 0) is 20.9 Å². The van der Waals surface area contributed by atoms with Crippen molar-refractivity contribution in [1.82, 2.24) is 4.90 Å². The Morgan fingerprint density at radius 1 is 1.24 bits per heavy atom. The molecule has 1 aliphatic rings. The van der Waals surface area contributed by atoms with Gasteiger partial charge < -0.3 is 9.47 Å². The Balaban J connectivity index is 1.68. The highest BCUT2D eigenvalue weighted by atomic mass is 35.5. The normalized spacial score (nSPS) is 16.2. The Hall–Kier alpha value is -2.35. The maximum absolute atomic E-state index is 12.6. The predicted octanol–water partition coefficient (Wildman–Crippen LogP) is 4.68. The Morgan fingerprint density at radius 2 is 1.93 bits per heavy atom. The van der Waals surface area contributed by atoms with Gasteiger partial charge in [-0.15, -0.1) is 0 Å². The molecule has 0 aliphatic carbocycles. The van der Waals surface area contributed by atoms with Gasteiger partial charge in [-0.3, -0.25) is 9.69 Å². The van der Waals surface area contributed by atoms with Crippen LogP contribution in [-0.4, -0.2) is 34.2 Å². The molecule has 5 nitrogen and oxygen atoms in total. The fraction of sp³-hybridized carbons (Fsp3) is 0.190. The van der Waals surface area contributed by atoms with Gasteiger partial charge in [0.05, 0.1) is 12.0 Å². The van der Waals surface area contributed by atoms with Crippen molar-refractivity contribution in [3.8, 4) is 5.75 Å². The molecule has 0 aromatic heterocycles. The van der Waals surface area contributed by atoms with Crippen molar-refractivity contribution in [2.75, 3.05) is 7.11 Å². The van der Waals surface area contributed by atoms with E-state index in [-0.39, 0.29) is 5.91 Å². The average Bonchev–Trinajstić information content (AvgIpc) is 3.00. The van der Waals surface area contributed by atoms with Crippen LogP contribution in [0.25, 0.3) is 6.08 Å². The third-order valence-electron chi connectivity index (χ3n) is 4.28. The summed E-state index contributed by atoms with van der Waals surface area (Å²) in [6.45, 7) is 1.95. The molecule has 1 amide bonds. The number of esters is 1. The molecule has 2 aromatic carbocycles. The Bertz CT molecular complexity index is 975. The average molecular weight is 448 g/mol. The van der Waals surface area contributed by atoms with Gasteiger partial charge in [0.25, 0.3) is 5.91 Å². The molecular formula is C21H18ClNO4S2. The zero-order valence-corrected chi connectivity index (χ0v) is 18.1. The Kier molecular flexibility index (Phi) is 6.95. The molecule has 0 unspecified atom stereocenters. The fourth-order valence-electron chi connectivity index (χ4n) is 2.68. The SMILES string of the molecule is COC(=O)[C@H](C)N1C(=O)/C(=C/c2ccc(OCc3ccccc3Cl)cc2)SC1=S. The van der Waals surface area contributed by atoms with Crippen LogP contribution in [0.5, 0.6) is 5.75 Å². The van der Waals surface area contributed by atoms with E-state index in [9.17, 15) is 9.59 Å². The third-order valence-corrected chi connectivity index (χ3v) is 5.98. The maximum atomic E-state index is 12.6. The predicted molar refractivity (Wildman–Crippen MR) is 119 cm³/mol. The molecule has 0 N–H and O–H groups in total. The minimum Gasteiger partial charge on any atom is -0.489 e. The van der Waals surface area contributed by atoms with Gasteiger partial charge in [-0.1, -0.05) is 65.9 Å². The van der Waals surface area contributed by atoms with Gasteiger partial charge in [0, 0.05) is 10.6 Å². The van der Waals surface area contributed by atoms with E-state index in [1.807, 2.05) is 48.5 Å². The molecule has 150 valence electrons. The molecule has 1 heterocycles. The van der Waals surface area contributed by atoms with Crippen molar-refractivity contribution in [2.24, 2.45) is 0 Å². The first-order chi connectivity index (χ1) is 13.9. The molecule has 0 saturated carbocycles. The summed E-state index contributed by atoms with van der Waals surface area (Å²) >= 11 is 12.6. The van der Waals surface area contributed by atoms with Gasteiger partial charge in [-0.25, -0.2) is 4.79 Å². The number of nitrogens with zero attached hydrogens (tertiary/aromatic N) is 1.